The van der Waals surface area contributed by atoms with E-state index in [1.54, 1.807) is 0 Å². The molecule has 456 valence electrons. The van der Waals surface area contributed by atoms with Gasteiger partial charge in [0.05, 0.1) is 26.4 Å². The Morgan fingerprint density at radius 3 is 1.18 bits per heavy atom. The van der Waals surface area contributed by atoms with Crippen LogP contribution >= 0.6 is 0 Å². The predicted octanol–water partition coefficient (Wildman–Crippen LogP) is 12.5. The molecule has 0 aliphatic carbocycles. The van der Waals surface area contributed by atoms with Crippen molar-refractivity contribution < 1.29 is 69.0 Å². The lowest BCUT2D eigenvalue weighted by Gasteiger charge is -2.42. The van der Waals surface area contributed by atoms with E-state index in [0.29, 0.717) is 13.0 Å². The summed E-state index contributed by atoms with van der Waals surface area (Å²) in [5.74, 6) is -0.368. The van der Waals surface area contributed by atoms with E-state index in [9.17, 15) is 40.5 Å². The first-order valence-electron chi connectivity index (χ1n) is 32.3. The minimum atomic E-state index is -1.70. The van der Waals surface area contributed by atoms with Crippen LogP contribution in [0.5, 0.6) is 0 Å². The van der Waals surface area contributed by atoms with Gasteiger partial charge in [-0.05, 0) is 38.5 Å². The first-order chi connectivity index (χ1) is 37.6. The molecule has 2 rings (SSSR count). The SMILES string of the molecule is CCCCCCCCCC/C=C\CCCCCCCCCCCCCCOCC(COC1OC(COC2OC(CO)C(O)C(O)C2O)C(O)C(O)C1O)OC(=O)CCCCCCCCCCCCCCCCCCCCC. The molecule has 2 aliphatic rings. The Hall–Kier alpha value is -1.27. The molecule has 0 aromatic rings. The molecular weight excluding hydrogens is 981 g/mol. The van der Waals surface area contributed by atoms with E-state index >= 15 is 0 Å². The van der Waals surface area contributed by atoms with Gasteiger partial charge in [0.1, 0.15) is 54.9 Å². The molecule has 0 saturated carbocycles. The highest BCUT2D eigenvalue weighted by Crippen LogP contribution is 2.27. The van der Waals surface area contributed by atoms with Crippen LogP contribution in [-0.4, -0.2) is 142 Å². The van der Waals surface area contributed by atoms with Crippen LogP contribution in [-0.2, 0) is 33.2 Å². The molecule has 0 radical (unpaired) electrons. The van der Waals surface area contributed by atoms with Crippen LogP contribution in [0, 0.1) is 0 Å². The van der Waals surface area contributed by atoms with E-state index < -0.39 is 80.7 Å². The molecular formula is C63H120O14. The quantitative estimate of drug-likeness (QED) is 0.0172. The van der Waals surface area contributed by atoms with Crippen molar-refractivity contribution in [3.05, 3.63) is 12.2 Å². The number of carbonyl (C=O) groups is 1. The monoisotopic (exact) mass is 1100 g/mol. The Balaban J connectivity index is 1.66. The number of ether oxygens (including phenoxy) is 6. The predicted molar refractivity (Wildman–Crippen MR) is 307 cm³/mol. The van der Waals surface area contributed by atoms with Crippen LogP contribution in [0.4, 0.5) is 0 Å². The zero-order chi connectivity index (χ0) is 55.8. The van der Waals surface area contributed by atoms with Crippen molar-refractivity contribution >= 4 is 5.97 Å². The molecule has 0 aromatic heterocycles. The largest absolute Gasteiger partial charge is 0.457 e. The zero-order valence-corrected chi connectivity index (χ0v) is 49.2. The van der Waals surface area contributed by atoms with Crippen LogP contribution in [0.3, 0.4) is 0 Å². The number of carbonyl (C=O) groups excluding carboxylic acids is 1. The lowest BCUT2D eigenvalue weighted by molar-refractivity contribution is -0.332. The number of allylic oxidation sites excluding steroid dienone is 2. The Bertz CT molecular complexity index is 1320. The number of hydrogen-bond acceptors (Lipinski definition) is 14. The van der Waals surface area contributed by atoms with Crippen molar-refractivity contribution in [2.45, 2.75) is 351 Å². The Labute approximate surface area is 469 Å². The van der Waals surface area contributed by atoms with Crippen molar-refractivity contribution in [3.8, 4) is 0 Å². The Kier molecular flexibility index (Phi) is 47.1. The fourth-order valence-electron chi connectivity index (χ4n) is 10.6. The summed E-state index contributed by atoms with van der Waals surface area (Å²) in [7, 11) is 0. The third kappa shape index (κ3) is 36.7. The van der Waals surface area contributed by atoms with Crippen molar-refractivity contribution in [2.24, 2.45) is 0 Å². The molecule has 14 nitrogen and oxygen atoms in total. The minimum Gasteiger partial charge on any atom is -0.457 e. The van der Waals surface area contributed by atoms with Crippen LogP contribution in [0.25, 0.3) is 0 Å². The van der Waals surface area contributed by atoms with E-state index in [1.165, 1.54) is 218 Å². The molecule has 11 atom stereocenters. The summed E-state index contributed by atoms with van der Waals surface area (Å²) in [6.45, 7) is 3.76. The fourth-order valence-corrected chi connectivity index (χ4v) is 10.6. The second-order valence-corrected chi connectivity index (χ2v) is 22.9. The molecule has 0 bridgehead atoms. The first kappa shape index (κ1) is 71.8. The van der Waals surface area contributed by atoms with Gasteiger partial charge < -0.3 is 64.2 Å². The molecule has 0 aromatic carbocycles. The molecule has 2 heterocycles. The first-order valence-corrected chi connectivity index (χ1v) is 32.3. The lowest BCUT2D eigenvalue weighted by atomic mass is 9.98. The smallest absolute Gasteiger partial charge is 0.306 e. The molecule has 7 N–H and O–H groups in total. The summed E-state index contributed by atoms with van der Waals surface area (Å²) in [4.78, 5) is 13.1. The van der Waals surface area contributed by atoms with Gasteiger partial charge in [0, 0.05) is 13.0 Å². The van der Waals surface area contributed by atoms with Gasteiger partial charge in [-0.25, -0.2) is 0 Å². The molecule has 2 saturated heterocycles. The maximum atomic E-state index is 13.1. The van der Waals surface area contributed by atoms with Crippen molar-refractivity contribution in [1.82, 2.24) is 0 Å². The normalized spacial score (nSPS) is 24.3. The standard InChI is InChI=1S/C63H120O14/c1-3-5-7-9-11-13-15-17-19-21-23-24-25-26-27-29-31-33-35-37-39-41-43-45-47-72-49-52(75-55(65)46-44-42-40-38-36-34-32-30-28-22-20-18-16-14-12-10-8-6-4-2)50-73-62-61(71)59(69)57(67)54(77-62)51-74-63-60(70)58(68)56(66)53(48-64)76-63/h21,23,52-54,56-64,66-71H,3-20,22,24-51H2,1-2H3/b23-21-. The molecule has 11 unspecified atom stereocenters. The maximum absolute atomic E-state index is 13.1. The molecule has 0 amide bonds. The lowest BCUT2D eigenvalue weighted by Crippen LogP contribution is -2.61. The summed E-state index contributed by atoms with van der Waals surface area (Å²) < 4.78 is 34.5. The minimum absolute atomic E-state index is 0.0681. The highest BCUT2D eigenvalue weighted by molar-refractivity contribution is 5.69. The number of aliphatic hydroxyl groups is 7. The Morgan fingerprint density at radius 1 is 0.416 bits per heavy atom. The number of unbranched alkanes of at least 4 members (excludes halogenated alkanes) is 38. The van der Waals surface area contributed by atoms with Crippen LogP contribution in [0.15, 0.2) is 12.2 Å². The second kappa shape index (κ2) is 50.5. The molecule has 2 fully saturated rings. The van der Waals surface area contributed by atoms with Gasteiger partial charge >= 0.3 is 5.97 Å². The molecule has 14 heteroatoms. The summed E-state index contributed by atoms with van der Waals surface area (Å²) in [6, 6.07) is 0. The molecule has 2 aliphatic heterocycles. The van der Waals surface area contributed by atoms with E-state index in [-0.39, 0.29) is 25.6 Å². The summed E-state index contributed by atoms with van der Waals surface area (Å²) >= 11 is 0. The highest BCUT2D eigenvalue weighted by Gasteiger charge is 2.47. The van der Waals surface area contributed by atoms with Gasteiger partial charge in [0.2, 0.25) is 0 Å². The van der Waals surface area contributed by atoms with E-state index in [4.69, 9.17) is 28.4 Å². The molecule has 77 heavy (non-hydrogen) atoms. The number of rotatable bonds is 54. The van der Waals surface area contributed by atoms with Gasteiger partial charge in [-0.3, -0.25) is 4.79 Å². The van der Waals surface area contributed by atoms with Crippen molar-refractivity contribution in [3.63, 3.8) is 0 Å². The van der Waals surface area contributed by atoms with Gasteiger partial charge in [-0.1, -0.05) is 251 Å². The van der Waals surface area contributed by atoms with Crippen LogP contribution < -0.4 is 0 Å². The van der Waals surface area contributed by atoms with Gasteiger partial charge in [0.15, 0.2) is 12.6 Å². The zero-order valence-electron chi connectivity index (χ0n) is 49.2. The second-order valence-electron chi connectivity index (χ2n) is 22.9. The van der Waals surface area contributed by atoms with Gasteiger partial charge in [-0.2, -0.15) is 0 Å². The summed E-state index contributed by atoms with van der Waals surface area (Å²) in [6.07, 6.45) is 41.4. The highest BCUT2D eigenvalue weighted by atomic mass is 16.7. The van der Waals surface area contributed by atoms with Gasteiger partial charge in [0.25, 0.3) is 0 Å². The average molecular weight is 1100 g/mol. The number of hydrogen-bond donors (Lipinski definition) is 7. The average Bonchev–Trinajstić information content (AvgIpc) is 3.43. The van der Waals surface area contributed by atoms with E-state index in [0.717, 1.165) is 38.5 Å². The van der Waals surface area contributed by atoms with E-state index in [1.807, 2.05) is 0 Å². The topological polar surface area (TPSA) is 214 Å². The Morgan fingerprint density at radius 2 is 0.766 bits per heavy atom. The number of aliphatic hydroxyl groups excluding tert-OH is 7. The van der Waals surface area contributed by atoms with Crippen molar-refractivity contribution in [1.29, 1.82) is 0 Å². The number of esters is 1. The van der Waals surface area contributed by atoms with Crippen LogP contribution in [0.2, 0.25) is 0 Å². The summed E-state index contributed by atoms with van der Waals surface area (Å²) in [5.41, 5.74) is 0. The van der Waals surface area contributed by atoms with E-state index in [2.05, 4.69) is 26.0 Å². The van der Waals surface area contributed by atoms with Crippen LogP contribution in [0.1, 0.15) is 284 Å². The van der Waals surface area contributed by atoms with Crippen molar-refractivity contribution in [2.75, 3.05) is 33.0 Å². The summed E-state index contributed by atoms with van der Waals surface area (Å²) in [5, 5.41) is 72.5. The van der Waals surface area contributed by atoms with Gasteiger partial charge in [-0.15, -0.1) is 0 Å². The molecule has 0 spiro atoms. The maximum Gasteiger partial charge on any atom is 0.306 e. The third-order valence-electron chi connectivity index (χ3n) is 15.8. The third-order valence-corrected chi connectivity index (χ3v) is 15.8. The fraction of sp³-hybridized carbons (Fsp3) is 0.952.